The molecule has 2 rings (SSSR count). The molecule has 3 nitrogen and oxygen atoms in total. The highest BCUT2D eigenvalue weighted by Gasteiger charge is 2.11. The molecule has 2 aromatic rings. The summed E-state index contributed by atoms with van der Waals surface area (Å²) in [6, 6.07) is 6.10. The van der Waals surface area contributed by atoms with E-state index in [9.17, 15) is 0 Å². The summed E-state index contributed by atoms with van der Waals surface area (Å²) >= 11 is 3.40. The Kier molecular flexibility index (Phi) is 3.52. The number of anilines is 1. The van der Waals surface area contributed by atoms with Gasteiger partial charge in [0, 0.05) is 10.7 Å². The van der Waals surface area contributed by atoms with Crippen LogP contribution in [0.25, 0.3) is 0 Å². The van der Waals surface area contributed by atoms with E-state index < -0.39 is 0 Å². The average Bonchev–Trinajstić information content (AvgIpc) is 2.69. The molecule has 90 valence electrons. The van der Waals surface area contributed by atoms with Crippen LogP contribution in [-0.2, 0) is 0 Å². The van der Waals surface area contributed by atoms with Gasteiger partial charge in [-0.1, -0.05) is 0 Å². The van der Waals surface area contributed by atoms with Gasteiger partial charge in [0.1, 0.15) is 17.3 Å². The van der Waals surface area contributed by atoms with Crippen molar-refractivity contribution in [2.24, 2.45) is 0 Å². The highest BCUT2D eigenvalue weighted by molar-refractivity contribution is 9.10. The predicted molar refractivity (Wildman–Crippen MR) is 72.2 cm³/mol. The van der Waals surface area contributed by atoms with E-state index in [1.807, 2.05) is 32.0 Å². The number of pyridine rings is 1. The SMILES string of the molecule is Cc1ccc(C(C)Nc2ncc(Br)cc2C)o1. The van der Waals surface area contributed by atoms with Gasteiger partial charge in [-0.15, -0.1) is 0 Å². The number of hydrogen-bond acceptors (Lipinski definition) is 3. The maximum atomic E-state index is 5.58. The van der Waals surface area contributed by atoms with Crippen molar-refractivity contribution in [1.29, 1.82) is 0 Å². The van der Waals surface area contributed by atoms with Crippen molar-refractivity contribution >= 4 is 21.7 Å². The number of aromatic nitrogens is 1. The molecule has 0 radical (unpaired) electrons. The molecule has 0 bridgehead atoms. The quantitative estimate of drug-likeness (QED) is 0.921. The van der Waals surface area contributed by atoms with Gasteiger partial charge in [-0.05, 0) is 60.5 Å². The molecular formula is C13H15BrN2O. The molecule has 0 aliphatic carbocycles. The van der Waals surface area contributed by atoms with E-state index in [-0.39, 0.29) is 6.04 Å². The van der Waals surface area contributed by atoms with Crippen molar-refractivity contribution in [3.05, 3.63) is 46.0 Å². The van der Waals surface area contributed by atoms with Gasteiger partial charge >= 0.3 is 0 Å². The van der Waals surface area contributed by atoms with Crippen LogP contribution in [0.3, 0.4) is 0 Å². The van der Waals surface area contributed by atoms with Crippen molar-refractivity contribution in [3.8, 4) is 0 Å². The Hall–Kier alpha value is -1.29. The fraction of sp³-hybridized carbons (Fsp3) is 0.308. The number of hydrogen-bond donors (Lipinski definition) is 1. The molecule has 0 amide bonds. The minimum absolute atomic E-state index is 0.107. The van der Waals surface area contributed by atoms with Crippen LogP contribution in [0.4, 0.5) is 5.82 Å². The Labute approximate surface area is 109 Å². The molecule has 2 aromatic heterocycles. The summed E-state index contributed by atoms with van der Waals surface area (Å²) < 4.78 is 6.57. The molecule has 1 atom stereocenters. The van der Waals surface area contributed by atoms with E-state index in [1.54, 1.807) is 6.20 Å². The van der Waals surface area contributed by atoms with Crippen molar-refractivity contribution in [2.75, 3.05) is 5.32 Å². The first-order valence-corrected chi connectivity index (χ1v) is 6.30. The Morgan fingerprint density at radius 3 is 2.71 bits per heavy atom. The lowest BCUT2D eigenvalue weighted by Gasteiger charge is -2.14. The van der Waals surface area contributed by atoms with E-state index in [0.29, 0.717) is 0 Å². The number of halogens is 1. The zero-order valence-electron chi connectivity index (χ0n) is 10.1. The highest BCUT2D eigenvalue weighted by Crippen LogP contribution is 2.23. The number of aryl methyl sites for hydroxylation is 2. The molecule has 0 aliphatic heterocycles. The van der Waals surface area contributed by atoms with Crippen molar-refractivity contribution in [1.82, 2.24) is 4.98 Å². The lowest BCUT2D eigenvalue weighted by molar-refractivity contribution is 0.466. The second kappa shape index (κ2) is 4.92. The largest absolute Gasteiger partial charge is 0.464 e. The van der Waals surface area contributed by atoms with Crippen LogP contribution in [0.1, 0.15) is 30.0 Å². The molecule has 0 spiro atoms. The zero-order chi connectivity index (χ0) is 12.4. The monoisotopic (exact) mass is 294 g/mol. The molecule has 2 heterocycles. The molecule has 0 aromatic carbocycles. The maximum Gasteiger partial charge on any atom is 0.129 e. The van der Waals surface area contributed by atoms with Gasteiger partial charge in [-0.2, -0.15) is 0 Å². The van der Waals surface area contributed by atoms with E-state index in [4.69, 9.17) is 4.42 Å². The molecule has 1 unspecified atom stereocenters. The molecule has 0 fully saturated rings. The molecule has 0 saturated heterocycles. The summed E-state index contributed by atoms with van der Waals surface area (Å²) in [7, 11) is 0. The Bertz CT molecular complexity index is 522. The van der Waals surface area contributed by atoms with Crippen LogP contribution in [0.2, 0.25) is 0 Å². The fourth-order valence-electron chi connectivity index (χ4n) is 1.65. The van der Waals surface area contributed by atoms with Crippen LogP contribution in [0.15, 0.2) is 33.3 Å². The van der Waals surface area contributed by atoms with Crippen LogP contribution in [-0.4, -0.2) is 4.98 Å². The predicted octanol–water partition coefficient (Wildman–Crippen LogP) is 4.23. The van der Waals surface area contributed by atoms with Gasteiger partial charge in [0.15, 0.2) is 0 Å². The summed E-state index contributed by atoms with van der Waals surface area (Å²) in [5, 5.41) is 3.34. The summed E-state index contributed by atoms with van der Waals surface area (Å²) in [6.07, 6.45) is 1.79. The van der Waals surface area contributed by atoms with Gasteiger partial charge in [0.2, 0.25) is 0 Å². The van der Waals surface area contributed by atoms with Gasteiger partial charge < -0.3 is 9.73 Å². The fourth-order valence-corrected chi connectivity index (χ4v) is 2.10. The number of rotatable bonds is 3. The van der Waals surface area contributed by atoms with Crippen molar-refractivity contribution in [3.63, 3.8) is 0 Å². The second-order valence-electron chi connectivity index (χ2n) is 4.13. The molecular weight excluding hydrogens is 280 g/mol. The second-order valence-corrected chi connectivity index (χ2v) is 5.05. The molecule has 1 N–H and O–H groups in total. The van der Waals surface area contributed by atoms with Crippen molar-refractivity contribution < 1.29 is 4.42 Å². The van der Waals surface area contributed by atoms with E-state index in [0.717, 1.165) is 27.4 Å². The molecule has 0 aliphatic rings. The van der Waals surface area contributed by atoms with Gasteiger partial charge in [-0.3, -0.25) is 0 Å². The number of nitrogens with one attached hydrogen (secondary N) is 1. The first-order chi connectivity index (χ1) is 8.06. The van der Waals surface area contributed by atoms with Crippen LogP contribution in [0.5, 0.6) is 0 Å². The Morgan fingerprint density at radius 2 is 2.12 bits per heavy atom. The Balaban J connectivity index is 2.15. The molecule has 4 heteroatoms. The Morgan fingerprint density at radius 1 is 1.35 bits per heavy atom. The summed E-state index contributed by atoms with van der Waals surface area (Å²) in [5.74, 6) is 2.73. The van der Waals surface area contributed by atoms with Gasteiger partial charge in [0.25, 0.3) is 0 Å². The summed E-state index contributed by atoms with van der Waals surface area (Å²) in [5.41, 5.74) is 1.11. The standard InChI is InChI=1S/C13H15BrN2O/c1-8-6-11(14)7-15-13(8)16-10(3)12-5-4-9(2)17-12/h4-7,10H,1-3H3,(H,15,16). The topological polar surface area (TPSA) is 38.1 Å². The molecule has 0 saturated carbocycles. The first kappa shape index (κ1) is 12.2. The van der Waals surface area contributed by atoms with E-state index >= 15 is 0 Å². The third-order valence-corrected chi connectivity index (χ3v) is 3.02. The normalized spacial score (nSPS) is 12.5. The van der Waals surface area contributed by atoms with E-state index in [2.05, 4.69) is 33.2 Å². The minimum Gasteiger partial charge on any atom is -0.464 e. The van der Waals surface area contributed by atoms with Gasteiger partial charge in [0.05, 0.1) is 6.04 Å². The molecule has 17 heavy (non-hydrogen) atoms. The summed E-state index contributed by atoms with van der Waals surface area (Å²) in [6.45, 7) is 6.03. The summed E-state index contributed by atoms with van der Waals surface area (Å²) in [4.78, 5) is 4.35. The lowest BCUT2D eigenvalue weighted by atomic mass is 10.2. The smallest absolute Gasteiger partial charge is 0.129 e. The zero-order valence-corrected chi connectivity index (χ0v) is 11.7. The maximum absolute atomic E-state index is 5.58. The van der Waals surface area contributed by atoms with Crippen LogP contribution < -0.4 is 5.32 Å². The lowest BCUT2D eigenvalue weighted by Crippen LogP contribution is -2.08. The average molecular weight is 295 g/mol. The van der Waals surface area contributed by atoms with E-state index in [1.165, 1.54) is 0 Å². The van der Waals surface area contributed by atoms with Gasteiger partial charge in [-0.25, -0.2) is 4.98 Å². The number of furan rings is 1. The third kappa shape index (κ3) is 2.88. The van der Waals surface area contributed by atoms with Crippen molar-refractivity contribution in [2.45, 2.75) is 26.8 Å². The minimum atomic E-state index is 0.107. The first-order valence-electron chi connectivity index (χ1n) is 5.51. The number of nitrogens with zero attached hydrogens (tertiary/aromatic N) is 1. The van der Waals surface area contributed by atoms with Crippen LogP contribution >= 0.6 is 15.9 Å². The van der Waals surface area contributed by atoms with Crippen LogP contribution in [0, 0.1) is 13.8 Å². The third-order valence-electron chi connectivity index (χ3n) is 2.59. The highest BCUT2D eigenvalue weighted by atomic mass is 79.9.